The average Bonchev–Trinajstić information content (AvgIpc) is 2.47. The molecule has 0 aliphatic heterocycles. The number of carbonyl (C=O) groups is 1. The molecular formula is C17H15FO. The molecule has 2 rings (SSSR count). The Kier molecular flexibility index (Phi) is 3.61. The summed E-state index contributed by atoms with van der Waals surface area (Å²) >= 11 is 0. The maximum Gasteiger partial charge on any atom is 0.179 e. The molecule has 19 heavy (non-hydrogen) atoms. The van der Waals surface area contributed by atoms with E-state index in [9.17, 15) is 9.18 Å². The van der Waals surface area contributed by atoms with Crippen LogP contribution < -0.4 is 0 Å². The number of halogens is 1. The lowest BCUT2D eigenvalue weighted by Crippen LogP contribution is -2.31. The summed E-state index contributed by atoms with van der Waals surface area (Å²) < 4.78 is 13.8. The molecule has 0 amide bonds. The van der Waals surface area contributed by atoms with E-state index in [-0.39, 0.29) is 11.3 Å². The fraction of sp³-hybridized carbons (Fsp3) is 0.118. The van der Waals surface area contributed by atoms with Gasteiger partial charge in [0, 0.05) is 0 Å². The number of ketones is 1. The van der Waals surface area contributed by atoms with Gasteiger partial charge in [-0.25, -0.2) is 4.39 Å². The molecule has 0 aliphatic rings. The molecule has 0 aliphatic carbocycles. The summed E-state index contributed by atoms with van der Waals surface area (Å²) in [5.74, 6) is -0.789. The van der Waals surface area contributed by atoms with E-state index < -0.39 is 11.2 Å². The summed E-state index contributed by atoms with van der Waals surface area (Å²) in [6.45, 7) is 5.50. The van der Waals surface area contributed by atoms with E-state index in [1.165, 1.54) is 12.1 Å². The Hall–Kier alpha value is -2.22. The van der Waals surface area contributed by atoms with Crippen molar-refractivity contribution in [2.45, 2.75) is 12.3 Å². The molecule has 2 heteroatoms. The van der Waals surface area contributed by atoms with E-state index in [0.717, 1.165) is 5.56 Å². The molecular weight excluding hydrogens is 239 g/mol. The maximum absolute atomic E-state index is 13.8. The Labute approximate surface area is 112 Å². The average molecular weight is 254 g/mol. The molecule has 0 saturated heterocycles. The number of benzene rings is 2. The predicted octanol–water partition coefficient (Wildman–Crippen LogP) is 4.15. The van der Waals surface area contributed by atoms with Crippen molar-refractivity contribution >= 4 is 5.78 Å². The third-order valence-corrected chi connectivity index (χ3v) is 3.37. The van der Waals surface area contributed by atoms with E-state index >= 15 is 0 Å². The molecule has 1 atom stereocenters. The van der Waals surface area contributed by atoms with Gasteiger partial charge in [-0.05, 0) is 24.6 Å². The third-order valence-electron chi connectivity index (χ3n) is 3.37. The molecule has 0 radical (unpaired) electrons. The van der Waals surface area contributed by atoms with Crippen molar-refractivity contribution in [3.8, 4) is 0 Å². The molecule has 2 aromatic carbocycles. The highest BCUT2D eigenvalue weighted by molar-refractivity contribution is 6.05. The lowest BCUT2D eigenvalue weighted by molar-refractivity contribution is 0.0923. The highest BCUT2D eigenvalue weighted by Crippen LogP contribution is 2.30. The maximum atomic E-state index is 13.8. The van der Waals surface area contributed by atoms with Gasteiger partial charge in [-0.1, -0.05) is 48.5 Å². The number of hydrogen-bond acceptors (Lipinski definition) is 1. The van der Waals surface area contributed by atoms with Crippen molar-refractivity contribution in [2.24, 2.45) is 0 Å². The minimum atomic E-state index is -0.927. The number of carbonyl (C=O) groups excluding carboxylic acids is 1. The monoisotopic (exact) mass is 254 g/mol. The first-order chi connectivity index (χ1) is 9.09. The molecule has 96 valence electrons. The van der Waals surface area contributed by atoms with Crippen LogP contribution >= 0.6 is 0 Å². The van der Waals surface area contributed by atoms with Crippen LogP contribution in [0.4, 0.5) is 4.39 Å². The first kappa shape index (κ1) is 13.2. The van der Waals surface area contributed by atoms with Gasteiger partial charge in [-0.2, -0.15) is 0 Å². The molecule has 0 heterocycles. The van der Waals surface area contributed by atoms with Crippen LogP contribution in [0.3, 0.4) is 0 Å². The molecule has 0 spiro atoms. The lowest BCUT2D eigenvalue weighted by Gasteiger charge is -2.25. The standard InChI is InChI=1S/C17H15FO/c1-3-17(2,13-9-5-4-6-10-13)16(19)14-11-7-8-12-15(14)18/h3-12H,1H2,2H3/t17-/m1/s1. The highest BCUT2D eigenvalue weighted by atomic mass is 19.1. The predicted molar refractivity (Wildman–Crippen MR) is 74.7 cm³/mol. The topological polar surface area (TPSA) is 17.1 Å². The second kappa shape index (κ2) is 5.19. The van der Waals surface area contributed by atoms with E-state index in [4.69, 9.17) is 0 Å². The zero-order chi connectivity index (χ0) is 13.9. The summed E-state index contributed by atoms with van der Waals surface area (Å²) in [4.78, 5) is 12.6. The Bertz CT molecular complexity index is 604. The van der Waals surface area contributed by atoms with E-state index in [2.05, 4.69) is 6.58 Å². The van der Waals surface area contributed by atoms with Gasteiger partial charge in [0.25, 0.3) is 0 Å². The van der Waals surface area contributed by atoms with Gasteiger partial charge in [-0.15, -0.1) is 6.58 Å². The Balaban J connectivity index is 2.51. The van der Waals surface area contributed by atoms with Gasteiger partial charge in [0.2, 0.25) is 0 Å². The molecule has 0 saturated carbocycles. The third kappa shape index (κ3) is 2.34. The molecule has 0 N–H and O–H groups in total. The molecule has 0 fully saturated rings. The van der Waals surface area contributed by atoms with Crippen LogP contribution in [0.25, 0.3) is 0 Å². The first-order valence-corrected chi connectivity index (χ1v) is 6.08. The van der Waals surface area contributed by atoms with Crippen LogP contribution in [0.5, 0.6) is 0 Å². The normalized spacial score (nSPS) is 13.6. The Morgan fingerprint density at radius 2 is 1.68 bits per heavy atom. The number of Topliss-reactive ketones (excluding diaryl/α,β-unsaturated/α-hetero) is 1. The van der Waals surface area contributed by atoms with Gasteiger partial charge in [-0.3, -0.25) is 4.79 Å². The van der Waals surface area contributed by atoms with Crippen molar-refractivity contribution in [1.29, 1.82) is 0 Å². The molecule has 0 unspecified atom stereocenters. The summed E-state index contributed by atoms with van der Waals surface area (Å²) in [6, 6.07) is 15.3. The van der Waals surface area contributed by atoms with Crippen LogP contribution in [-0.4, -0.2) is 5.78 Å². The quantitative estimate of drug-likeness (QED) is 0.591. The zero-order valence-electron chi connectivity index (χ0n) is 10.8. The zero-order valence-corrected chi connectivity index (χ0v) is 10.8. The second-order valence-electron chi connectivity index (χ2n) is 4.58. The van der Waals surface area contributed by atoms with Crippen LogP contribution in [0.1, 0.15) is 22.8 Å². The molecule has 0 aromatic heterocycles. The van der Waals surface area contributed by atoms with Crippen molar-refractivity contribution in [3.63, 3.8) is 0 Å². The first-order valence-electron chi connectivity index (χ1n) is 6.08. The van der Waals surface area contributed by atoms with Crippen molar-refractivity contribution in [2.75, 3.05) is 0 Å². The summed E-state index contributed by atoms with van der Waals surface area (Å²) in [7, 11) is 0. The number of hydrogen-bond donors (Lipinski definition) is 0. The lowest BCUT2D eigenvalue weighted by atomic mass is 9.76. The fourth-order valence-electron chi connectivity index (χ4n) is 2.05. The van der Waals surface area contributed by atoms with Crippen molar-refractivity contribution < 1.29 is 9.18 Å². The minimum absolute atomic E-state index is 0.0914. The smallest absolute Gasteiger partial charge is 0.179 e. The van der Waals surface area contributed by atoms with Gasteiger partial charge in [0.1, 0.15) is 5.82 Å². The minimum Gasteiger partial charge on any atom is -0.293 e. The van der Waals surface area contributed by atoms with Gasteiger partial charge >= 0.3 is 0 Å². The van der Waals surface area contributed by atoms with E-state index in [0.29, 0.717) is 0 Å². The van der Waals surface area contributed by atoms with Crippen LogP contribution in [0, 0.1) is 5.82 Å². The van der Waals surface area contributed by atoms with Gasteiger partial charge in [0.05, 0.1) is 11.0 Å². The van der Waals surface area contributed by atoms with Crippen LogP contribution in [-0.2, 0) is 5.41 Å². The van der Waals surface area contributed by atoms with Crippen LogP contribution in [0.2, 0.25) is 0 Å². The number of allylic oxidation sites excluding steroid dienone is 1. The SMILES string of the molecule is C=C[C@@](C)(C(=O)c1ccccc1F)c1ccccc1. The molecule has 1 nitrogen and oxygen atoms in total. The Morgan fingerprint density at radius 3 is 2.26 bits per heavy atom. The van der Waals surface area contributed by atoms with Crippen LogP contribution in [0.15, 0.2) is 67.3 Å². The van der Waals surface area contributed by atoms with Gasteiger partial charge < -0.3 is 0 Å². The summed E-state index contributed by atoms with van der Waals surface area (Å²) in [5, 5.41) is 0. The highest BCUT2D eigenvalue weighted by Gasteiger charge is 2.33. The summed E-state index contributed by atoms with van der Waals surface area (Å²) in [6.07, 6.45) is 1.57. The second-order valence-corrected chi connectivity index (χ2v) is 4.58. The summed E-state index contributed by atoms with van der Waals surface area (Å²) in [5.41, 5.74) is -0.0318. The van der Waals surface area contributed by atoms with E-state index in [1.807, 2.05) is 30.3 Å². The van der Waals surface area contributed by atoms with E-state index in [1.54, 1.807) is 25.1 Å². The largest absolute Gasteiger partial charge is 0.293 e. The van der Waals surface area contributed by atoms with Crippen molar-refractivity contribution in [1.82, 2.24) is 0 Å². The van der Waals surface area contributed by atoms with Gasteiger partial charge in [0.15, 0.2) is 5.78 Å². The van der Waals surface area contributed by atoms with Crippen molar-refractivity contribution in [3.05, 3.63) is 84.2 Å². The molecule has 2 aromatic rings. The Morgan fingerprint density at radius 1 is 1.11 bits per heavy atom. The molecule has 0 bridgehead atoms. The number of rotatable bonds is 4. The fourth-order valence-corrected chi connectivity index (χ4v) is 2.05.